The largest absolute Gasteiger partial charge is 0.550 e. The lowest BCUT2D eigenvalue weighted by molar-refractivity contribution is -0.302. The van der Waals surface area contributed by atoms with Crippen LogP contribution in [-0.4, -0.2) is 5.97 Å². The third-order valence-electron chi connectivity index (χ3n) is 1.77. The SMILES string of the molecule is CC(=O)[O-].c1ccc([SH+]c2ccccc2)cc1. The fourth-order valence-electron chi connectivity index (χ4n) is 1.15. The summed E-state index contributed by atoms with van der Waals surface area (Å²) in [4.78, 5) is 11.6. The van der Waals surface area contributed by atoms with Gasteiger partial charge in [0.2, 0.25) is 0 Å². The first-order valence-corrected chi connectivity index (χ1v) is 6.07. The Morgan fingerprint density at radius 1 is 0.882 bits per heavy atom. The zero-order chi connectivity index (χ0) is 12.5. The molecular weight excluding hydrogens is 232 g/mol. The Morgan fingerprint density at radius 2 is 1.18 bits per heavy atom. The van der Waals surface area contributed by atoms with Crippen molar-refractivity contribution in [3.8, 4) is 0 Å². The normalized spacial score (nSPS) is 9.00. The molecule has 0 aliphatic heterocycles. The van der Waals surface area contributed by atoms with Crippen LogP contribution in [0.5, 0.6) is 0 Å². The first kappa shape index (κ1) is 13.3. The maximum absolute atomic E-state index is 8.89. The number of aliphatic carboxylic acids is 1. The highest BCUT2D eigenvalue weighted by atomic mass is 32.2. The zero-order valence-corrected chi connectivity index (χ0v) is 10.4. The monoisotopic (exact) mass is 246 g/mol. The van der Waals surface area contributed by atoms with Crippen LogP contribution in [0.2, 0.25) is 0 Å². The quantitative estimate of drug-likeness (QED) is 0.597. The molecule has 0 unspecified atom stereocenters. The molecule has 2 nitrogen and oxygen atoms in total. The summed E-state index contributed by atoms with van der Waals surface area (Å²) in [5, 5.41) is 8.89. The fraction of sp³-hybridized carbons (Fsp3) is 0.0714. The van der Waals surface area contributed by atoms with Crippen LogP contribution in [0, 0.1) is 0 Å². The summed E-state index contributed by atoms with van der Waals surface area (Å²) in [7, 11) is 0. The Kier molecular flexibility index (Phi) is 5.89. The lowest BCUT2D eigenvalue weighted by Crippen LogP contribution is -2.16. The molecule has 88 valence electrons. The van der Waals surface area contributed by atoms with Crippen molar-refractivity contribution in [3.63, 3.8) is 0 Å². The van der Waals surface area contributed by atoms with Gasteiger partial charge in [0.15, 0.2) is 9.79 Å². The molecule has 0 amide bonds. The predicted molar refractivity (Wildman–Crippen MR) is 68.9 cm³/mol. The van der Waals surface area contributed by atoms with Gasteiger partial charge < -0.3 is 9.90 Å². The molecule has 0 aromatic heterocycles. The van der Waals surface area contributed by atoms with Gasteiger partial charge in [-0.1, -0.05) is 36.4 Å². The highest BCUT2D eigenvalue weighted by Gasteiger charge is 2.03. The van der Waals surface area contributed by atoms with E-state index in [2.05, 4.69) is 48.5 Å². The molecule has 2 aromatic rings. The second-order valence-electron chi connectivity index (χ2n) is 3.27. The van der Waals surface area contributed by atoms with Crippen molar-refractivity contribution in [2.24, 2.45) is 0 Å². The number of carboxylic acids is 1. The van der Waals surface area contributed by atoms with Gasteiger partial charge in [0, 0.05) is 17.7 Å². The van der Waals surface area contributed by atoms with Crippen LogP contribution < -0.4 is 5.11 Å². The standard InChI is InChI=1S/C12H10S.C2H4O2/c1-3-7-11(8-4-1)13-12-9-5-2-6-10-12;1-2(3)4/h1-10H;1H3,(H,3,4). The molecule has 0 radical (unpaired) electrons. The van der Waals surface area contributed by atoms with E-state index >= 15 is 0 Å². The minimum atomic E-state index is -1.08. The van der Waals surface area contributed by atoms with Gasteiger partial charge in [0.05, 0.1) is 0 Å². The summed E-state index contributed by atoms with van der Waals surface area (Å²) < 4.78 is 0. The number of carboxylic acid groups (broad SMARTS) is 1. The van der Waals surface area contributed by atoms with Crippen molar-refractivity contribution in [3.05, 3.63) is 60.7 Å². The molecule has 0 aliphatic rings. The maximum Gasteiger partial charge on any atom is 0.158 e. The van der Waals surface area contributed by atoms with Crippen LogP contribution in [-0.2, 0) is 16.6 Å². The molecule has 0 spiro atoms. The molecule has 0 saturated carbocycles. The molecule has 0 bridgehead atoms. The van der Waals surface area contributed by atoms with Crippen molar-refractivity contribution in [1.82, 2.24) is 0 Å². The smallest absolute Gasteiger partial charge is 0.158 e. The summed E-state index contributed by atoms with van der Waals surface area (Å²) in [5.74, 6) is -1.08. The number of carbonyl (C=O) groups is 1. The Balaban J connectivity index is 0.000000317. The van der Waals surface area contributed by atoms with E-state index in [-0.39, 0.29) is 0 Å². The second kappa shape index (κ2) is 7.52. The number of hydrogen-bond acceptors (Lipinski definition) is 2. The molecule has 0 saturated heterocycles. The van der Waals surface area contributed by atoms with Crippen LogP contribution in [0.3, 0.4) is 0 Å². The van der Waals surface area contributed by atoms with Crippen molar-refractivity contribution in [2.75, 3.05) is 0 Å². The van der Waals surface area contributed by atoms with Gasteiger partial charge in [-0.3, -0.25) is 0 Å². The zero-order valence-electron chi connectivity index (χ0n) is 9.54. The Hall–Kier alpha value is -1.74. The van der Waals surface area contributed by atoms with Crippen LogP contribution in [0.15, 0.2) is 70.5 Å². The summed E-state index contributed by atoms with van der Waals surface area (Å²) in [5.41, 5.74) is 0. The first-order chi connectivity index (χ1) is 8.18. The average Bonchev–Trinajstić information content (AvgIpc) is 2.31. The molecular formula is C14H14O2S. The summed E-state index contributed by atoms with van der Waals surface area (Å²) in [6.07, 6.45) is 0. The fourth-order valence-corrected chi connectivity index (χ4v) is 2.09. The highest BCUT2D eigenvalue weighted by molar-refractivity contribution is 7.78. The number of thiol groups is 1. The van der Waals surface area contributed by atoms with E-state index in [0.29, 0.717) is 0 Å². The van der Waals surface area contributed by atoms with E-state index < -0.39 is 5.97 Å². The van der Waals surface area contributed by atoms with Gasteiger partial charge in [-0.25, -0.2) is 0 Å². The number of rotatable bonds is 2. The van der Waals surface area contributed by atoms with Gasteiger partial charge in [0.25, 0.3) is 0 Å². The summed E-state index contributed by atoms with van der Waals surface area (Å²) in [6, 6.07) is 21.0. The molecule has 0 fully saturated rings. The minimum Gasteiger partial charge on any atom is -0.550 e. The van der Waals surface area contributed by atoms with Gasteiger partial charge in [0.1, 0.15) is 0 Å². The minimum absolute atomic E-state index is 0.972. The van der Waals surface area contributed by atoms with E-state index in [9.17, 15) is 0 Å². The third kappa shape index (κ3) is 6.43. The van der Waals surface area contributed by atoms with Gasteiger partial charge in [-0.15, -0.1) is 0 Å². The first-order valence-electron chi connectivity index (χ1n) is 5.18. The summed E-state index contributed by atoms with van der Waals surface area (Å²) in [6.45, 7) is 0.972. The molecule has 17 heavy (non-hydrogen) atoms. The van der Waals surface area contributed by atoms with Crippen LogP contribution in [0.4, 0.5) is 0 Å². The van der Waals surface area contributed by atoms with Crippen LogP contribution in [0.1, 0.15) is 6.92 Å². The molecule has 3 heteroatoms. The average molecular weight is 246 g/mol. The van der Waals surface area contributed by atoms with Gasteiger partial charge >= 0.3 is 0 Å². The van der Waals surface area contributed by atoms with Crippen LogP contribution >= 0.6 is 0 Å². The third-order valence-corrected chi connectivity index (χ3v) is 2.88. The van der Waals surface area contributed by atoms with Crippen molar-refractivity contribution in [2.45, 2.75) is 16.7 Å². The Labute approximate surface area is 105 Å². The lowest BCUT2D eigenvalue weighted by atomic mass is 10.4. The van der Waals surface area contributed by atoms with Crippen molar-refractivity contribution in [1.29, 1.82) is 0 Å². The number of benzene rings is 2. The molecule has 0 N–H and O–H groups in total. The highest BCUT2D eigenvalue weighted by Crippen LogP contribution is 2.10. The molecule has 2 aromatic carbocycles. The maximum atomic E-state index is 8.89. The molecule has 0 heterocycles. The molecule has 2 rings (SSSR count). The lowest BCUT2D eigenvalue weighted by Gasteiger charge is -1.90. The van der Waals surface area contributed by atoms with E-state index in [1.54, 1.807) is 0 Å². The molecule has 0 aliphatic carbocycles. The Morgan fingerprint density at radius 3 is 1.47 bits per heavy atom. The number of hydrogen-bond donors (Lipinski definition) is 0. The van der Waals surface area contributed by atoms with E-state index in [1.165, 1.54) is 21.6 Å². The predicted octanol–water partition coefficient (Wildman–Crippen LogP) is 1.68. The summed E-state index contributed by atoms with van der Waals surface area (Å²) >= 11 is 1.28. The second-order valence-corrected chi connectivity index (χ2v) is 4.53. The van der Waals surface area contributed by atoms with E-state index in [0.717, 1.165) is 6.92 Å². The van der Waals surface area contributed by atoms with E-state index in [1.807, 2.05) is 12.1 Å². The Bertz CT molecular complexity index is 399. The number of carbonyl (C=O) groups excluding carboxylic acids is 1. The topological polar surface area (TPSA) is 40.1 Å². The van der Waals surface area contributed by atoms with Crippen molar-refractivity contribution >= 4 is 17.7 Å². The molecule has 0 atom stereocenters. The van der Waals surface area contributed by atoms with Gasteiger partial charge in [-0.05, 0) is 31.2 Å². The van der Waals surface area contributed by atoms with Crippen LogP contribution in [0.25, 0.3) is 0 Å². The van der Waals surface area contributed by atoms with E-state index in [4.69, 9.17) is 9.90 Å². The van der Waals surface area contributed by atoms with Gasteiger partial charge in [-0.2, -0.15) is 0 Å². The van der Waals surface area contributed by atoms with Crippen molar-refractivity contribution < 1.29 is 9.90 Å².